The maximum absolute atomic E-state index is 11.9. The van der Waals surface area contributed by atoms with E-state index in [-0.39, 0.29) is 13.4 Å². The van der Waals surface area contributed by atoms with Gasteiger partial charge >= 0.3 is 5.97 Å². The molecule has 0 unspecified atom stereocenters. The van der Waals surface area contributed by atoms with Crippen molar-refractivity contribution in [2.24, 2.45) is 0 Å². The van der Waals surface area contributed by atoms with Crippen molar-refractivity contribution in [3.8, 4) is 17.2 Å². The molecule has 0 aliphatic carbocycles. The fourth-order valence-corrected chi connectivity index (χ4v) is 3.35. The number of hydrogen-bond donors (Lipinski definition) is 0. The zero-order valence-electron chi connectivity index (χ0n) is 15.2. The number of fused-ring (bicyclic) bond motifs is 1. The van der Waals surface area contributed by atoms with Gasteiger partial charge in [0.25, 0.3) is 0 Å². The third-order valence-corrected chi connectivity index (χ3v) is 5.07. The van der Waals surface area contributed by atoms with Crippen molar-refractivity contribution in [3.63, 3.8) is 0 Å². The molecule has 29 heavy (non-hydrogen) atoms. The lowest BCUT2D eigenvalue weighted by Crippen LogP contribution is -2.01. The molecule has 2 heterocycles. The lowest BCUT2D eigenvalue weighted by atomic mass is 10.2. The van der Waals surface area contributed by atoms with Crippen LogP contribution in [-0.2, 0) is 22.7 Å². The van der Waals surface area contributed by atoms with Crippen LogP contribution in [0.2, 0.25) is 5.02 Å². The van der Waals surface area contributed by atoms with Crippen molar-refractivity contribution in [1.82, 2.24) is 4.98 Å². The molecule has 1 aliphatic rings. The SMILES string of the molecule is O=C(/C=C/c1ccc2c(c1)OCO2)OCc1csc(COc2ccc(Cl)cc2)n1. The Hall–Kier alpha value is -3.03. The Morgan fingerprint density at radius 2 is 1.97 bits per heavy atom. The molecular weight excluding hydrogens is 414 g/mol. The molecule has 148 valence electrons. The minimum Gasteiger partial charge on any atom is -0.486 e. The van der Waals surface area contributed by atoms with Crippen LogP contribution < -0.4 is 14.2 Å². The number of benzene rings is 2. The first kappa shape index (κ1) is 19.3. The van der Waals surface area contributed by atoms with Gasteiger partial charge in [-0.2, -0.15) is 0 Å². The zero-order valence-corrected chi connectivity index (χ0v) is 16.7. The molecule has 0 fully saturated rings. The Kier molecular flexibility index (Phi) is 5.97. The molecule has 0 amide bonds. The van der Waals surface area contributed by atoms with Crippen LogP contribution in [0.15, 0.2) is 53.9 Å². The Balaban J connectivity index is 1.24. The lowest BCUT2D eigenvalue weighted by Gasteiger charge is -2.03. The second-order valence-electron chi connectivity index (χ2n) is 6.03. The van der Waals surface area contributed by atoms with Crippen molar-refractivity contribution in [1.29, 1.82) is 0 Å². The molecule has 4 rings (SSSR count). The van der Waals surface area contributed by atoms with Crippen LogP contribution in [0.4, 0.5) is 0 Å². The fraction of sp³-hybridized carbons (Fsp3) is 0.143. The van der Waals surface area contributed by atoms with E-state index in [1.54, 1.807) is 42.5 Å². The summed E-state index contributed by atoms with van der Waals surface area (Å²) in [5.41, 5.74) is 1.50. The van der Waals surface area contributed by atoms with Crippen LogP contribution in [0.25, 0.3) is 6.08 Å². The number of nitrogens with zero attached hydrogens (tertiary/aromatic N) is 1. The number of halogens is 1. The summed E-state index contributed by atoms with van der Waals surface area (Å²) < 4.78 is 21.5. The van der Waals surface area contributed by atoms with Gasteiger partial charge in [-0.05, 0) is 48.0 Å². The minimum absolute atomic E-state index is 0.0990. The van der Waals surface area contributed by atoms with Gasteiger partial charge in [0.05, 0.1) is 5.69 Å². The molecule has 3 aromatic rings. The summed E-state index contributed by atoms with van der Waals surface area (Å²) >= 11 is 7.30. The third kappa shape index (κ3) is 5.28. The third-order valence-electron chi connectivity index (χ3n) is 3.95. The van der Waals surface area contributed by atoms with Crippen LogP contribution in [0.1, 0.15) is 16.3 Å². The van der Waals surface area contributed by atoms with E-state index in [1.807, 2.05) is 11.4 Å². The molecule has 2 aromatic carbocycles. The summed E-state index contributed by atoms with van der Waals surface area (Å²) in [6.07, 6.45) is 3.03. The van der Waals surface area contributed by atoms with Crippen molar-refractivity contribution in [2.75, 3.05) is 6.79 Å². The predicted molar refractivity (Wildman–Crippen MR) is 109 cm³/mol. The van der Waals surface area contributed by atoms with Crippen molar-refractivity contribution < 1.29 is 23.7 Å². The highest BCUT2D eigenvalue weighted by Gasteiger charge is 2.12. The van der Waals surface area contributed by atoms with E-state index in [0.717, 1.165) is 10.6 Å². The topological polar surface area (TPSA) is 66.9 Å². The fourth-order valence-electron chi connectivity index (χ4n) is 2.53. The first-order valence-corrected chi connectivity index (χ1v) is 9.97. The van der Waals surface area contributed by atoms with Crippen LogP contribution in [0.5, 0.6) is 17.2 Å². The second kappa shape index (κ2) is 8.98. The average molecular weight is 430 g/mol. The molecule has 0 saturated heterocycles. The van der Waals surface area contributed by atoms with E-state index in [0.29, 0.717) is 34.6 Å². The normalized spacial score (nSPS) is 12.3. The molecule has 1 aliphatic heterocycles. The minimum atomic E-state index is -0.449. The number of thiazole rings is 1. The number of aromatic nitrogens is 1. The average Bonchev–Trinajstić information content (AvgIpc) is 3.39. The van der Waals surface area contributed by atoms with E-state index in [9.17, 15) is 4.79 Å². The Morgan fingerprint density at radius 1 is 1.14 bits per heavy atom. The number of hydrogen-bond acceptors (Lipinski definition) is 7. The molecule has 6 nitrogen and oxygen atoms in total. The second-order valence-corrected chi connectivity index (χ2v) is 7.41. The maximum atomic E-state index is 11.9. The number of ether oxygens (including phenoxy) is 4. The highest BCUT2D eigenvalue weighted by Crippen LogP contribution is 2.32. The molecule has 8 heteroatoms. The summed E-state index contributed by atoms with van der Waals surface area (Å²) in [7, 11) is 0. The van der Waals surface area contributed by atoms with Gasteiger partial charge in [-0.3, -0.25) is 0 Å². The van der Waals surface area contributed by atoms with Gasteiger partial charge < -0.3 is 18.9 Å². The van der Waals surface area contributed by atoms with E-state index in [1.165, 1.54) is 17.4 Å². The quantitative estimate of drug-likeness (QED) is 0.394. The van der Waals surface area contributed by atoms with Crippen molar-refractivity contribution >= 4 is 35.0 Å². The van der Waals surface area contributed by atoms with Gasteiger partial charge in [0.2, 0.25) is 6.79 Å². The van der Waals surface area contributed by atoms with Crippen molar-refractivity contribution in [2.45, 2.75) is 13.2 Å². The van der Waals surface area contributed by atoms with Gasteiger partial charge in [-0.1, -0.05) is 17.7 Å². The van der Waals surface area contributed by atoms with E-state index in [2.05, 4.69) is 4.98 Å². The monoisotopic (exact) mass is 429 g/mol. The highest BCUT2D eigenvalue weighted by molar-refractivity contribution is 7.09. The van der Waals surface area contributed by atoms with Crippen LogP contribution in [0, 0.1) is 0 Å². The van der Waals surface area contributed by atoms with Crippen LogP contribution in [-0.4, -0.2) is 17.7 Å². The van der Waals surface area contributed by atoms with E-state index >= 15 is 0 Å². The number of carbonyl (C=O) groups is 1. The summed E-state index contributed by atoms with van der Waals surface area (Å²) in [5.74, 6) is 1.63. The van der Waals surface area contributed by atoms with Crippen LogP contribution >= 0.6 is 22.9 Å². The number of esters is 1. The van der Waals surface area contributed by atoms with Gasteiger partial charge in [0, 0.05) is 16.5 Å². The van der Waals surface area contributed by atoms with Crippen LogP contribution in [0.3, 0.4) is 0 Å². The summed E-state index contributed by atoms with van der Waals surface area (Å²) in [6.45, 7) is 0.650. The maximum Gasteiger partial charge on any atom is 0.331 e. The molecule has 0 spiro atoms. The molecule has 1 aromatic heterocycles. The van der Waals surface area contributed by atoms with Gasteiger partial charge in [-0.25, -0.2) is 9.78 Å². The summed E-state index contributed by atoms with van der Waals surface area (Å²) in [4.78, 5) is 16.4. The molecule has 0 saturated carbocycles. The standard InChI is InChI=1S/C21H16ClNO5S/c22-15-3-5-17(6-4-15)25-11-20-23-16(12-29-20)10-26-21(24)8-2-14-1-7-18-19(9-14)28-13-27-18/h1-9,12H,10-11,13H2/b8-2+. The van der Waals surface area contributed by atoms with E-state index < -0.39 is 5.97 Å². The summed E-state index contributed by atoms with van der Waals surface area (Å²) in [6, 6.07) is 12.6. The number of carbonyl (C=O) groups excluding carboxylic acids is 1. The van der Waals surface area contributed by atoms with Crippen molar-refractivity contribution in [3.05, 3.63) is 75.2 Å². The Morgan fingerprint density at radius 3 is 2.83 bits per heavy atom. The predicted octanol–water partition coefficient (Wildman–Crippen LogP) is 4.86. The smallest absolute Gasteiger partial charge is 0.331 e. The molecule has 0 N–H and O–H groups in total. The molecule has 0 radical (unpaired) electrons. The highest BCUT2D eigenvalue weighted by atomic mass is 35.5. The Bertz CT molecular complexity index is 1030. The van der Waals surface area contributed by atoms with Gasteiger partial charge in [-0.15, -0.1) is 11.3 Å². The van der Waals surface area contributed by atoms with Gasteiger partial charge in [0.15, 0.2) is 11.5 Å². The summed E-state index contributed by atoms with van der Waals surface area (Å²) in [5, 5.41) is 3.29. The molecular formula is C21H16ClNO5S. The molecule has 0 bridgehead atoms. The number of rotatable bonds is 7. The largest absolute Gasteiger partial charge is 0.486 e. The van der Waals surface area contributed by atoms with Gasteiger partial charge in [0.1, 0.15) is 24.0 Å². The zero-order chi connectivity index (χ0) is 20.1. The molecule has 0 atom stereocenters. The first-order chi connectivity index (χ1) is 14.2. The lowest BCUT2D eigenvalue weighted by molar-refractivity contribution is -0.139. The first-order valence-electron chi connectivity index (χ1n) is 8.72. The van der Waals surface area contributed by atoms with E-state index in [4.69, 9.17) is 30.5 Å². The Labute approximate surface area is 176 Å².